The maximum atomic E-state index is 12.3. The fourth-order valence-electron chi connectivity index (χ4n) is 2.45. The molecule has 2 N–H and O–H groups in total. The first kappa shape index (κ1) is 15.8. The number of hydrogen-bond donors (Lipinski definition) is 2. The number of amides is 2. The lowest BCUT2D eigenvalue weighted by Gasteiger charge is -2.28. The first-order valence-corrected chi connectivity index (χ1v) is 7.66. The van der Waals surface area contributed by atoms with Gasteiger partial charge in [0, 0.05) is 24.5 Å². The van der Waals surface area contributed by atoms with Crippen LogP contribution in [0.25, 0.3) is 0 Å². The molecule has 0 spiro atoms. The minimum absolute atomic E-state index is 0.0191. The molecule has 21 heavy (non-hydrogen) atoms. The summed E-state index contributed by atoms with van der Waals surface area (Å²) in [5.41, 5.74) is 2.34. The fraction of sp³-hybridized carbons (Fsp3) is 0.588. The zero-order chi connectivity index (χ0) is 15.5. The second-order valence-corrected chi connectivity index (χ2v) is 6.56. The van der Waals surface area contributed by atoms with E-state index in [1.54, 1.807) is 4.90 Å². The van der Waals surface area contributed by atoms with Crippen LogP contribution in [-0.4, -0.2) is 41.8 Å². The van der Waals surface area contributed by atoms with Gasteiger partial charge in [0.25, 0.3) is 0 Å². The van der Waals surface area contributed by atoms with Gasteiger partial charge in [-0.1, -0.05) is 43.7 Å². The van der Waals surface area contributed by atoms with Crippen molar-refractivity contribution in [2.24, 2.45) is 0 Å². The highest BCUT2D eigenvalue weighted by atomic mass is 16.3. The van der Waals surface area contributed by atoms with Gasteiger partial charge in [-0.15, -0.1) is 0 Å². The number of carbonyl (C=O) groups excluding carboxylic acids is 1. The van der Waals surface area contributed by atoms with E-state index in [1.807, 2.05) is 0 Å². The molecule has 4 nitrogen and oxygen atoms in total. The standard InChI is InChI=1S/C17H26N2O2/c1-13-4-6-14(7-5-13)17(2,3)12-18-16(21)19(10-11-20)15-8-9-15/h4-7,15,20H,8-12H2,1-3H3,(H,18,21). The summed E-state index contributed by atoms with van der Waals surface area (Å²) in [5, 5.41) is 12.1. The molecular formula is C17H26N2O2. The van der Waals surface area contributed by atoms with E-state index in [0.29, 0.717) is 19.1 Å². The number of urea groups is 1. The monoisotopic (exact) mass is 290 g/mol. The van der Waals surface area contributed by atoms with Crippen molar-refractivity contribution in [3.63, 3.8) is 0 Å². The number of hydrogen-bond acceptors (Lipinski definition) is 2. The summed E-state index contributed by atoms with van der Waals surface area (Å²) in [6.45, 7) is 7.36. The summed E-state index contributed by atoms with van der Waals surface area (Å²) in [6.07, 6.45) is 2.10. The van der Waals surface area contributed by atoms with Gasteiger partial charge < -0.3 is 15.3 Å². The van der Waals surface area contributed by atoms with Crippen molar-refractivity contribution in [1.29, 1.82) is 0 Å². The van der Waals surface area contributed by atoms with E-state index in [2.05, 4.69) is 50.4 Å². The molecule has 0 aliphatic heterocycles. The van der Waals surface area contributed by atoms with Crippen molar-refractivity contribution in [3.05, 3.63) is 35.4 Å². The maximum absolute atomic E-state index is 12.3. The number of aliphatic hydroxyl groups is 1. The van der Waals surface area contributed by atoms with Crippen LogP contribution in [0, 0.1) is 6.92 Å². The van der Waals surface area contributed by atoms with Crippen LogP contribution in [-0.2, 0) is 5.41 Å². The van der Waals surface area contributed by atoms with Crippen molar-refractivity contribution in [3.8, 4) is 0 Å². The van der Waals surface area contributed by atoms with E-state index in [9.17, 15) is 4.79 Å². The summed E-state index contributed by atoms with van der Waals surface area (Å²) in [5.74, 6) is 0. The first-order chi connectivity index (χ1) is 9.94. The molecule has 4 heteroatoms. The number of aryl methyl sites for hydroxylation is 1. The lowest BCUT2D eigenvalue weighted by atomic mass is 9.84. The van der Waals surface area contributed by atoms with Crippen LogP contribution in [0.1, 0.15) is 37.8 Å². The average Bonchev–Trinajstić information content (AvgIpc) is 3.27. The molecule has 0 saturated heterocycles. The van der Waals surface area contributed by atoms with E-state index in [-0.39, 0.29) is 18.1 Å². The Bertz CT molecular complexity index is 478. The van der Waals surface area contributed by atoms with Gasteiger partial charge in [0.15, 0.2) is 0 Å². The molecule has 1 aromatic carbocycles. The minimum Gasteiger partial charge on any atom is -0.395 e. The highest BCUT2D eigenvalue weighted by Gasteiger charge is 2.32. The number of nitrogens with one attached hydrogen (secondary N) is 1. The van der Waals surface area contributed by atoms with Gasteiger partial charge in [0.1, 0.15) is 0 Å². The topological polar surface area (TPSA) is 52.6 Å². The summed E-state index contributed by atoms with van der Waals surface area (Å²) in [7, 11) is 0. The molecule has 0 aromatic heterocycles. The molecule has 2 rings (SSSR count). The lowest BCUT2D eigenvalue weighted by Crippen LogP contribution is -2.46. The van der Waals surface area contributed by atoms with E-state index < -0.39 is 0 Å². The molecule has 116 valence electrons. The number of aliphatic hydroxyl groups excluding tert-OH is 1. The van der Waals surface area contributed by atoms with Gasteiger partial charge in [-0.25, -0.2) is 4.79 Å². The molecule has 0 bridgehead atoms. The Morgan fingerprint density at radius 2 is 1.95 bits per heavy atom. The van der Waals surface area contributed by atoms with Crippen LogP contribution in [0.15, 0.2) is 24.3 Å². The Hall–Kier alpha value is -1.55. The van der Waals surface area contributed by atoms with Crippen molar-refractivity contribution in [2.45, 2.75) is 45.1 Å². The Kier molecular flexibility index (Phi) is 4.88. The average molecular weight is 290 g/mol. The number of benzene rings is 1. The predicted octanol–water partition coefficient (Wildman–Crippen LogP) is 2.44. The number of carbonyl (C=O) groups is 1. The second kappa shape index (κ2) is 6.48. The van der Waals surface area contributed by atoms with Crippen molar-refractivity contribution >= 4 is 6.03 Å². The SMILES string of the molecule is Cc1ccc(C(C)(C)CNC(=O)N(CCO)C2CC2)cc1. The summed E-state index contributed by atoms with van der Waals surface area (Å²) < 4.78 is 0. The van der Waals surface area contributed by atoms with Crippen molar-refractivity contribution < 1.29 is 9.90 Å². The van der Waals surface area contributed by atoms with E-state index in [0.717, 1.165) is 12.8 Å². The molecule has 0 radical (unpaired) electrons. The Balaban J connectivity index is 1.93. The quantitative estimate of drug-likeness (QED) is 0.845. The third-order valence-corrected chi connectivity index (χ3v) is 4.10. The predicted molar refractivity (Wildman–Crippen MR) is 84.4 cm³/mol. The van der Waals surface area contributed by atoms with Gasteiger partial charge in [-0.05, 0) is 25.3 Å². The van der Waals surface area contributed by atoms with Gasteiger partial charge >= 0.3 is 6.03 Å². The van der Waals surface area contributed by atoms with E-state index in [1.165, 1.54) is 11.1 Å². The molecule has 0 unspecified atom stereocenters. The first-order valence-electron chi connectivity index (χ1n) is 7.66. The molecule has 1 aromatic rings. The zero-order valence-corrected chi connectivity index (χ0v) is 13.2. The van der Waals surface area contributed by atoms with Crippen LogP contribution >= 0.6 is 0 Å². The molecule has 0 atom stereocenters. The molecule has 1 fully saturated rings. The minimum atomic E-state index is -0.113. The summed E-state index contributed by atoms with van der Waals surface area (Å²) in [6, 6.07) is 8.69. The van der Waals surface area contributed by atoms with Crippen LogP contribution in [0.4, 0.5) is 4.79 Å². The third-order valence-electron chi connectivity index (χ3n) is 4.10. The molecule has 2 amide bonds. The van der Waals surface area contributed by atoms with E-state index in [4.69, 9.17) is 5.11 Å². The zero-order valence-electron chi connectivity index (χ0n) is 13.2. The smallest absolute Gasteiger partial charge is 0.317 e. The van der Waals surface area contributed by atoms with Crippen LogP contribution in [0.5, 0.6) is 0 Å². The Labute approximate surface area is 127 Å². The Morgan fingerprint density at radius 3 is 2.48 bits per heavy atom. The molecule has 1 aliphatic carbocycles. The Morgan fingerprint density at radius 1 is 1.33 bits per heavy atom. The third kappa shape index (κ3) is 4.21. The van der Waals surface area contributed by atoms with Crippen molar-refractivity contribution in [2.75, 3.05) is 19.7 Å². The second-order valence-electron chi connectivity index (χ2n) is 6.56. The number of nitrogens with zero attached hydrogens (tertiary/aromatic N) is 1. The number of rotatable bonds is 6. The largest absolute Gasteiger partial charge is 0.395 e. The van der Waals surface area contributed by atoms with Crippen LogP contribution in [0.2, 0.25) is 0 Å². The van der Waals surface area contributed by atoms with Gasteiger partial charge in [0.2, 0.25) is 0 Å². The van der Waals surface area contributed by atoms with Gasteiger partial charge in [0.05, 0.1) is 6.61 Å². The molecular weight excluding hydrogens is 264 g/mol. The molecule has 1 saturated carbocycles. The molecule has 1 aliphatic rings. The fourth-order valence-corrected chi connectivity index (χ4v) is 2.45. The summed E-state index contributed by atoms with van der Waals surface area (Å²) >= 11 is 0. The highest BCUT2D eigenvalue weighted by Crippen LogP contribution is 2.27. The van der Waals surface area contributed by atoms with Gasteiger partial charge in [-0.3, -0.25) is 0 Å². The lowest BCUT2D eigenvalue weighted by molar-refractivity contribution is 0.172. The van der Waals surface area contributed by atoms with Crippen molar-refractivity contribution in [1.82, 2.24) is 10.2 Å². The van der Waals surface area contributed by atoms with Crippen LogP contribution < -0.4 is 5.32 Å². The van der Waals surface area contributed by atoms with Crippen LogP contribution in [0.3, 0.4) is 0 Å². The summed E-state index contributed by atoms with van der Waals surface area (Å²) in [4.78, 5) is 14.0. The van der Waals surface area contributed by atoms with E-state index >= 15 is 0 Å². The normalized spacial score (nSPS) is 14.9. The molecule has 0 heterocycles. The van der Waals surface area contributed by atoms with Gasteiger partial charge in [-0.2, -0.15) is 0 Å². The highest BCUT2D eigenvalue weighted by molar-refractivity contribution is 5.75. The maximum Gasteiger partial charge on any atom is 0.317 e.